The van der Waals surface area contributed by atoms with Crippen LogP contribution in [0.1, 0.15) is 17.3 Å². The lowest BCUT2D eigenvalue weighted by Crippen LogP contribution is -2.21. The van der Waals surface area contributed by atoms with E-state index >= 15 is 0 Å². The number of aromatic nitrogens is 2. The molecule has 0 atom stereocenters. The first-order valence-electron chi connectivity index (χ1n) is 6.64. The first-order chi connectivity index (χ1) is 11.2. The Hall–Kier alpha value is -2.53. The SMILES string of the molecule is CC(=O)Nc1nnc(S(=O)(=O)Nc2ccc(C(=O)N(C)C)cc2)s1. The smallest absolute Gasteiger partial charge is 0.291 e. The van der Waals surface area contributed by atoms with Crippen molar-refractivity contribution in [2.24, 2.45) is 0 Å². The monoisotopic (exact) mass is 369 g/mol. The second-order valence-corrected chi connectivity index (χ2v) is 7.77. The van der Waals surface area contributed by atoms with Crippen molar-refractivity contribution < 1.29 is 18.0 Å². The molecule has 0 aliphatic rings. The van der Waals surface area contributed by atoms with Crippen molar-refractivity contribution >= 4 is 44.0 Å². The number of sulfonamides is 1. The summed E-state index contributed by atoms with van der Waals surface area (Å²) in [6.07, 6.45) is 0. The molecule has 0 aliphatic carbocycles. The fourth-order valence-electron chi connectivity index (χ4n) is 1.66. The van der Waals surface area contributed by atoms with Crippen molar-refractivity contribution in [2.75, 3.05) is 24.1 Å². The number of carbonyl (C=O) groups excluding carboxylic acids is 2. The van der Waals surface area contributed by atoms with E-state index in [1.165, 1.54) is 36.1 Å². The summed E-state index contributed by atoms with van der Waals surface area (Å²) in [4.78, 5) is 24.1. The standard InChI is InChI=1S/C13H15N5O4S2/c1-8(19)14-12-15-16-13(23-12)24(21,22)17-10-6-4-9(5-7-10)11(20)18(2)3/h4-7,17H,1-3H3,(H,14,15,19). The van der Waals surface area contributed by atoms with E-state index in [-0.39, 0.29) is 27.0 Å². The molecule has 2 amide bonds. The minimum atomic E-state index is -3.93. The Balaban J connectivity index is 2.15. The molecule has 0 saturated carbocycles. The molecule has 0 bridgehead atoms. The zero-order chi connectivity index (χ0) is 17.9. The first kappa shape index (κ1) is 17.8. The zero-order valence-corrected chi connectivity index (χ0v) is 14.7. The van der Waals surface area contributed by atoms with Crippen LogP contribution in [0.15, 0.2) is 28.6 Å². The van der Waals surface area contributed by atoms with E-state index in [9.17, 15) is 18.0 Å². The lowest BCUT2D eigenvalue weighted by molar-refractivity contribution is -0.114. The number of benzene rings is 1. The summed E-state index contributed by atoms with van der Waals surface area (Å²) in [7, 11) is -0.677. The number of hydrogen-bond donors (Lipinski definition) is 2. The maximum atomic E-state index is 12.2. The first-order valence-corrected chi connectivity index (χ1v) is 8.94. The van der Waals surface area contributed by atoms with E-state index in [0.717, 1.165) is 11.3 Å². The van der Waals surface area contributed by atoms with Gasteiger partial charge in [0.1, 0.15) is 0 Å². The Morgan fingerprint density at radius 2 is 1.75 bits per heavy atom. The Bertz CT molecular complexity index is 859. The summed E-state index contributed by atoms with van der Waals surface area (Å²) >= 11 is 0.734. The molecule has 0 fully saturated rings. The van der Waals surface area contributed by atoms with E-state index in [2.05, 4.69) is 20.2 Å². The van der Waals surface area contributed by atoms with E-state index < -0.39 is 10.0 Å². The molecule has 24 heavy (non-hydrogen) atoms. The highest BCUT2D eigenvalue weighted by Crippen LogP contribution is 2.22. The van der Waals surface area contributed by atoms with Gasteiger partial charge in [-0.25, -0.2) is 0 Å². The Kier molecular flexibility index (Phi) is 5.14. The number of nitrogens with zero attached hydrogens (tertiary/aromatic N) is 3. The molecule has 0 aliphatic heterocycles. The normalized spacial score (nSPS) is 11.0. The molecular formula is C13H15N5O4S2. The molecule has 0 saturated heterocycles. The van der Waals surface area contributed by atoms with Gasteiger partial charge in [-0.15, -0.1) is 10.2 Å². The van der Waals surface area contributed by atoms with E-state index in [1.807, 2.05) is 0 Å². The average molecular weight is 369 g/mol. The fourth-order valence-corrected chi connectivity index (χ4v) is 3.66. The van der Waals surface area contributed by atoms with Gasteiger partial charge in [-0.2, -0.15) is 8.42 Å². The molecule has 0 spiro atoms. The third-order valence-corrected chi connectivity index (χ3v) is 5.30. The molecular weight excluding hydrogens is 354 g/mol. The van der Waals surface area contributed by atoms with Gasteiger partial charge in [0.15, 0.2) is 0 Å². The minimum absolute atomic E-state index is 0.0924. The Morgan fingerprint density at radius 3 is 2.29 bits per heavy atom. The molecule has 1 aromatic carbocycles. The molecule has 11 heteroatoms. The van der Waals surface area contributed by atoms with Crippen molar-refractivity contribution in [3.8, 4) is 0 Å². The van der Waals surface area contributed by atoms with Gasteiger partial charge in [0.2, 0.25) is 11.0 Å². The van der Waals surface area contributed by atoms with Gasteiger partial charge in [0, 0.05) is 32.3 Å². The van der Waals surface area contributed by atoms with Crippen molar-refractivity contribution in [1.82, 2.24) is 15.1 Å². The van der Waals surface area contributed by atoms with Gasteiger partial charge in [-0.1, -0.05) is 11.3 Å². The van der Waals surface area contributed by atoms with E-state index in [4.69, 9.17) is 0 Å². The predicted molar refractivity (Wildman–Crippen MR) is 89.5 cm³/mol. The molecule has 9 nitrogen and oxygen atoms in total. The van der Waals surface area contributed by atoms with Gasteiger partial charge >= 0.3 is 0 Å². The van der Waals surface area contributed by atoms with Crippen molar-refractivity contribution in [3.63, 3.8) is 0 Å². The van der Waals surface area contributed by atoms with Crippen LogP contribution in [0.25, 0.3) is 0 Å². The third-order valence-electron chi connectivity index (χ3n) is 2.71. The summed E-state index contributed by atoms with van der Waals surface area (Å²) in [6, 6.07) is 5.99. The molecule has 1 heterocycles. The lowest BCUT2D eigenvalue weighted by atomic mass is 10.2. The Morgan fingerprint density at radius 1 is 1.12 bits per heavy atom. The largest absolute Gasteiger partial charge is 0.345 e. The minimum Gasteiger partial charge on any atom is -0.345 e. The van der Waals surface area contributed by atoms with Gasteiger partial charge in [-0.3, -0.25) is 14.3 Å². The summed E-state index contributed by atoms with van der Waals surface area (Å²) in [5.41, 5.74) is 0.716. The van der Waals surface area contributed by atoms with Gasteiger partial charge in [0.25, 0.3) is 20.3 Å². The maximum Gasteiger partial charge on any atom is 0.291 e. The fraction of sp³-hybridized carbons (Fsp3) is 0.231. The topological polar surface area (TPSA) is 121 Å². The molecule has 2 aromatic rings. The summed E-state index contributed by atoms with van der Waals surface area (Å²) < 4.78 is 26.5. The third kappa shape index (κ3) is 4.26. The second kappa shape index (κ2) is 6.93. The van der Waals surface area contributed by atoms with Crippen LogP contribution in [0, 0.1) is 0 Å². The number of rotatable bonds is 5. The highest BCUT2D eigenvalue weighted by atomic mass is 32.2. The number of carbonyl (C=O) groups is 2. The van der Waals surface area contributed by atoms with Crippen molar-refractivity contribution in [3.05, 3.63) is 29.8 Å². The molecule has 0 unspecified atom stereocenters. The van der Waals surface area contributed by atoms with Crippen LogP contribution in [-0.2, 0) is 14.8 Å². The lowest BCUT2D eigenvalue weighted by Gasteiger charge is -2.11. The number of nitrogens with one attached hydrogen (secondary N) is 2. The van der Waals surface area contributed by atoms with Crippen molar-refractivity contribution in [2.45, 2.75) is 11.3 Å². The van der Waals surface area contributed by atoms with Crippen molar-refractivity contribution in [1.29, 1.82) is 0 Å². The summed E-state index contributed by atoms with van der Waals surface area (Å²) in [5, 5.41) is 9.59. The number of amides is 2. The maximum absolute atomic E-state index is 12.2. The van der Waals surface area contributed by atoms with Gasteiger partial charge in [0.05, 0.1) is 0 Å². The Labute approximate surface area is 142 Å². The number of hydrogen-bond acceptors (Lipinski definition) is 7. The molecule has 128 valence electrons. The van der Waals surface area contributed by atoms with E-state index in [0.29, 0.717) is 5.56 Å². The molecule has 1 aromatic heterocycles. The molecule has 2 rings (SSSR count). The number of anilines is 2. The van der Waals surface area contributed by atoms with Crippen LogP contribution in [0.2, 0.25) is 0 Å². The highest BCUT2D eigenvalue weighted by molar-refractivity contribution is 7.94. The van der Waals surface area contributed by atoms with Crippen LogP contribution in [0.3, 0.4) is 0 Å². The summed E-state index contributed by atoms with van der Waals surface area (Å²) in [5.74, 6) is -0.558. The molecule has 2 N–H and O–H groups in total. The highest BCUT2D eigenvalue weighted by Gasteiger charge is 2.21. The summed E-state index contributed by atoms with van der Waals surface area (Å²) in [6.45, 7) is 1.28. The van der Waals surface area contributed by atoms with Crippen LogP contribution >= 0.6 is 11.3 Å². The van der Waals surface area contributed by atoms with Crippen LogP contribution in [0.5, 0.6) is 0 Å². The predicted octanol–water partition coefficient (Wildman–Crippen LogP) is 0.999. The zero-order valence-electron chi connectivity index (χ0n) is 13.1. The van der Waals surface area contributed by atoms with E-state index in [1.54, 1.807) is 14.1 Å². The average Bonchev–Trinajstić information content (AvgIpc) is 2.95. The van der Waals surface area contributed by atoms with Gasteiger partial charge in [-0.05, 0) is 24.3 Å². The molecule has 0 radical (unpaired) electrons. The van der Waals surface area contributed by atoms with Crippen LogP contribution in [0.4, 0.5) is 10.8 Å². The van der Waals surface area contributed by atoms with Gasteiger partial charge < -0.3 is 10.2 Å². The van der Waals surface area contributed by atoms with Crippen LogP contribution < -0.4 is 10.0 Å². The second-order valence-electron chi connectivity index (χ2n) is 4.94. The van der Waals surface area contributed by atoms with Crippen LogP contribution in [-0.4, -0.2) is 49.4 Å². The quantitative estimate of drug-likeness (QED) is 0.758.